The number of hydrogen-bond donors (Lipinski definition) is 0. The van der Waals surface area contributed by atoms with Crippen molar-refractivity contribution in [1.82, 2.24) is 0 Å². The van der Waals surface area contributed by atoms with Crippen molar-refractivity contribution in [3.8, 4) is 0 Å². The Morgan fingerprint density at radius 2 is 1.50 bits per heavy atom. The average molecular weight is 257 g/mol. The van der Waals surface area contributed by atoms with Gasteiger partial charge in [0.15, 0.2) is 0 Å². The van der Waals surface area contributed by atoms with E-state index in [4.69, 9.17) is 11.6 Å². The highest BCUT2D eigenvalue weighted by Crippen LogP contribution is 2.09. The van der Waals surface area contributed by atoms with Gasteiger partial charge in [-0.2, -0.15) is 0 Å². The Hall–Kier alpha value is -1.79. The van der Waals surface area contributed by atoms with Crippen LogP contribution in [0.1, 0.15) is 16.7 Å². The van der Waals surface area contributed by atoms with Crippen molar-refractivity contribution >= 4 is 23.8 Å². The fourth-order valence-electron chi connectivity index (χ4n) is 1.40. The van der Waals surface area contributed by atoms with Crippen molar-refractivity contribution in [3.63, 3.8) is 0 Å². The van der Waals surface area contributed by atoms with Crippen molar-refractivity contribution < 1.29 is 0 Å². The Morgan fingerprint density at radius 3 is 1.94 bits per heavy atom. The molecule has 0 nitrogen and oxygen atoms in total. The maximum absolute atomic E-state index is 5.63. The highest BCUT2D eigenvalue weighted by molar-refractivity contribution is 6.30. The molecule has 0 amide bonds. The zero-order valence-electron chi connectivity index (χ0n) is 10.6. The largest absolute Gasteiger partial charge is 0.0985 e. The van der Waals surface area contributed by atoms with Gasteiger partial charge in [0.05, 0.1) is 0 Å². The van der Waals surface area contributed by atoms with Crippen molar-refractivity contribution in [2.75, 3.05) is 0 Å². The van der Waals surface area contributed by atoms with Gasteiger partial charge in [-0.15, -0.1) is 0 Å². The summed E-state index contributed by atoms with van der Waals surface area (Å²) < 4.78 is 0. The van der Waals surface area contributed by atoms with Gasteiger partial charge in [0.1, 0.15) is 0 Å². The maximum Gasteiger partial charge on any atom is 0.0406 e. The number of benzene rings is 2. The predicted molar refractivity (Wildman–Crippen MR) is 82.8 cm³/mol. The van der Waals surface area contributed by atoms with Gasteiger partial charge in [0.2, 0.25) is 0 Å². The van der Waals surface area contributed by atoms with Crippen LogP contribution >= 0.6 is 11.6 Å². The van der Waals surface area contributed by atoms with Crippen LogP contribution in [0.5, 0.6) is 0 Å². The Kier molecular flexibility index (Phi) is 5.96. The first-order valence-electron chi connectivity index (χ1n) is 5.73. The minimum atomic E-state index is 0.764. The molecule has 0 unspecified atom stereocenters. The molecule has 0 saturated carbocycles. The summed E-state index contributed by atoms with van der Waals surface area (Å²) in [6.07, 6.45) is 3.64. The summed E-state index contributed by atoms with van der Waals surface area (Å²) in [5, 5.41) is 0.764. The average Bonchev–Trinajstić information content (AvgIpc) is 2.40. The molecule has 2 aromatic carbocycles. The molecule has 0 N–H and O–H groups in total. The SMILES string of the molecule is C=Cc1ccc(Cl)cc1.C=Cc1cccc(C)c1. The van der Waals surface area contributed by atoms with Crippen LogP contribution in [0.25, 0.3) is 12.2 Å². The van der Waals surface area contributed by atoms with Crippen molar-refractivity contribution in [2.24, 2.45) is 0 Å². The van der Waals surface area contributed by atoms with Gasteiger partial charge in [-0.05, 0) is 30.2 Å². The van der Waals surface area contributed by atoms with E-state index in [0.717, 1.165) is 10.6 Å². The fraction of sp³-hybridized carbons (Fsp3) is 0.0588. The molecule has 2 aromatic rings. The highest BCUT2D eigenvalue weighted by Gasteiger charge is 1.84. The number of halogens is 1. The maximum atomic E-state index is 5.63. The number of aryl methyl sites for hydroxylation is 1. The zero-order chi connectivity index (χ0) is 13.4. The lowest BCUT2D eigenvalue weighted by molar-refractivity contribution is 1.46. The first-order valence-corrected chi connectivity index (χ1v) is 6.10. The third-order valence-electron chi connectivity index (χ3n) is 2.38. The van der Waals surface area contributed by atoms with Gasteiger partial charge < -0.3 is 0 Å². The summed E-state index contributed by atoms with van der Waals surface area (Å²) in [5.74, 6) is 0. The van der Waals surface area contributed by atoms with Crippen molar-refractivity contribution in [3.05, 3.63) is 83.4 Å². The van der Waals surface area contributed by atoms with E-state index in [9.17, 15) is 0 Å². The van der Waals surface area contributed by atoms with Crippen LogP contribution in [0, 0.1) is 6.92 Å². The molecule has 1 heteroatoms. The number of hydrogen-bond acceptors (Lipinski definition) is 0. The van der Waals surface area contributed by atoms with E-state index >= 15 is 0 Å². The van der Waals surface area contributed by atoms with Gasteiger partial charge in [-0.1, -0.05) is 78.9 Å². The van der Waals surface area contributed by atoms with Crippen LogP contribution in [-0.4, -0.2) is 0 Å². The Bertz CT molecular complexity index is 509. The van der Waals surface area contributed by atoms with Crippen LogP contribution in [0.4, 0.5) is 0 Å². The van der Waals surface area contributed by atoms with E-state index in [1.165, 1.54) is 11.1 Å². The molecule has 18 heavy (non-hydrogen) atoms. The Labute approximate surface area is 114 Å². The molecule has 0 aliphatic rings. The van der Waals surface area contributed by atoms with Gasteiger partial charge in [0, 0.05) is 5.02 Å². The van der Waals surface area contributed by atoms with Gasteiger partial charge in [-0.25, -0.2) is 0 Å². The normalized spacial score (nSPS) is 9.00. The molecule has 0 atom stereocenters. The monoisotopic (exact) mass is 256 g/mol. The van der Waals surface area contributed by atoms with E-state index in [0.29, 0.717) is 0 Å². The molecule has 0 spiro atoms. The molecule has 0 radical (unpaired) electrons. The lowest BCUT2D eigenvalue weighted by atomic mass is 10.1. The third-order valence-corrected chi connectivity index (χ3v) is 2.64. The van der Waals surface area contributed by atoms with Crippen molar-refractivity contribution in [1.29, 1.82) is 0 Å². The van der Waals surface area contributed by atoms with E-state index in [1.54, 1.807) is 6.08 Å². The molecule has 0 bridgehead atoms. The number of rotatable bonds is 2. The van der Waals surface area contributed by atoms with Crippen LogP contribution in [0.2, 0.25) is 5.02 Å². The lowest BCUT2D eigenvalue weighted by Gasteiger charge is -1.92. The second-order valence-corrected chi connectivity index (χ2v) is 4.31. The van der Waals surface area contributed by atoms with Gasteiger partial charge >= 0.3 is 0 Å². The quantitative estimate of drug-likeness (QED) is 0.654. The molecule has 92 valence electrons. The molecule has 0 fully saturated rings. The van der Waals surface area contributed by atoms with Gasteiger partial charge in [0.25, 0.3) is 0 Å². The van der Waals surface area contributed by atoms with E-state index in [-0.39, 0.29) is 0 Å². The summed E-state index contributed by atoms with van der Waals surface area (Å²) in [5.41, 5.74) is 3.57. The first-order chi connectivity index (χ1) is 8.65. The molecule has 0 aromatic heterocycles. The molecular formula is C17H17Cl. The molecule has 0 aliphatic heterocycles. The smallest absolute Gasteiger partial charge is 0.0406 e. The zero-order valence-corrected chi connectivity index (χ0v) is 11.3. The third kappa shape index (κ3) is 5.03. The van der Waals surface area contributed by atoms with Crippen LogP contribution in [0.3, 0.4) is 0 Å². The Morgan fingerprint density at radius 1 is 0.889 bits per heavy atom. The van der Waals surface area contributed by atoms with Gasteiger partial charge in [-0.3, -0.25) is 0 Å². The molecule has 0 heterocycles. The van der Waals surface area contributed by atoms with E-state index < -0.39 is 0 Å². The summed E-state index contributed by atoms with van der Waals surface area (Å²) in [6.45, 7) is 9.37. The predicted octanol–water partition coefficient (Wildman–Crippen LogP) is 5.62. The summed E-state index contributed by atoms with van der Waals surface area (Å²) >= 11 is 5.63. The molecular weight excluding hydrogens is 240 g/mol. The first kappa shape index (κ1) is 14.3. The minimum Gasteiger partial charge on any atom is -0.0985 e. The van der Waals surface area contributed by atoms with E-state index in [1.807, 2.05) is 42.5 Å². The highest BCUT2D eigenvalue weighted by atomic mass is 35.5. The minimum absolute atomic E-state index is 0.764. The second kappa shape index (κ2) is 7.52. The fourth-order valence-corrected chi connectivity index (χ4v) is 1.52. The summed E-state index contributed by atoms with van der Waals surface area (Å²) in [6, 6.07) is 15.8. The summed E-state index contributed by atoms with van der Waals surface area (Å²) in [7, 11) is 0. The van der Waals surface area contributed by atoms with Crippen LogP contribution in [-0.2, 0) is 0 Å². The lowest BCUT2D eigenvalue weighted by Crippen LogP contribution is -1.72. The Balaban J connectivity index is 0.000000180. The summed E-state index contributed by atoms with van der Waals surface area (Å²) in [4.78, 5) is 0. The second-order valence-electron chi connectivity index (χ2n) is 3.87. The van der Waals surface area contributed by atoms with Crippen molar-refractivity contribution in [2.45, 2.75) is 6.92 Å². The van der Waals surface area contributed by atoms with Crippen LogP contribution in [0.15, 0.2) is 61.7 Å². The molecule has 0 aliphatic carbocycles. The van der Waals surface area contributed by atoms with Crippen LogP contribution < -0.4 is 0 Å². The molecule has 2 rings (SSSR count). The topological polar surface area (TPSA) is 0 Å². The standard InChI is InChI=1S/C9H10.C8H7Cl/c1-3-9-6-4-5-8(2)7-9;1-2-7-3-5-8(9)6-4-7/h3-7H,1H2,2H3;2-6H,1H2. The van der Waals surface area contributed by atoms with E-state index in [2.05, 4.69) is 32.2 Å². The molecule has 0 saturated heterocycles.